The van der Waals surface area contributed by atoms with Gasteiger partial charge in [-0.1, -0.05) is 0 Å². The number of anilines is 2. The van der Waals surface area contributed by atoms with Gasteiger partial charge in [0, 0.05) is 44.5 Å². The second kappa shape index (κ2) is 7.50. The molecular formula is C21H23FN4O2. The zero-order chi connectivity index (χ0) is 19.7. The van der Waals surface area contributed by atoms with Crippen molar-refractivity contribution in [3.8, 4) is 0 Å². The number of piperazine rings is 1. The number of amides is 1. The topological polar surface area (TPSA) is 61.6 Å². The lowest BCUT2D eigenvalue weighted by Crippen LogP contribution is -2.52. The van der Waals surface area contributed by atoms with Crippen LogP contribution in [0.4, 0.5) is 15.8 Å². The van der Waals surface area contributed by atoms with Crippen LogP contribution in [0.15, 0.2) is 46.9 Å². The highest BCUT2D eigenvalue weighted by molar-refractivity contribution is 5.86. The summed E-state index contributed by atoms with van der Waals surface area (Å²) < 4.78 is 18.6. The van der Waals surface area contributed by atoms with Crippen LogP contribution in [0.25, 0.3) is 11.1 Å². The minimum Gasteiger partial charge on any atom is -0.441 e. The number of benzene rings is 2. The Kier molecular flexibility index (Phi) is 4.90. The molecule has 0 aliphatic carbocycles. The van der Waals surface area contributed by atoms with Crippen LogP contribution in [0.5, 0.6) is 0 Å². The third-order valence-corrected chi connectivity index (χ3v) is 5.03. The van der Waals surface area contributed by atoms with Crippen LogP contribution >= 0.6 is 0 Å². The number of aryl methyl sites for hydroxylation is 1. The fourth-order valence-corrected chi connectivity index (χ4v) is 3.55. The molecule has 1 aliphatic heterocycles. The van der Waals surface area contributed by atoms with Crippen molar-refractivity contribution in [2.45, 2.75) is 19.9 Å². The van der Waals surface area contributed by atoms with E-state index in [0.717, 1.165) is 35.6 Å². The fraction of sp³-hybridized carbons (Fsp3) is 0.333. The summed E-state index contributed by atoms with van der Waals surface area (Å²) >= 11 is 0. The van der Waals surface area contributed by atoms with E-state index in [9.17, 15) is 9.18 Å². The van der Waals surface area contributed by atoms with Crippen LogP contribution in [0.2, 0.25) is 0 Å². The van der Waals surface area contributed by atoms with E-state index >= 15 is 0 Å². The minimum atomic E-state index is -0.345. The Labute approximate surface area is 162 Å². The van der Waals surface area contributed by atoms with Gasteiger partial charge in [0.25, 0.3) is 0 Å². The van der Waals surface area contributed by atoms with Gasteiger partial charge in [-0.2, -0.15) is 0 Å². The molecule has 1 saturated heterocycles. The Morgan fingerprint density at radius 2 is 1.86 bits per heavy atom. The van der Waals surface area contributed by atoms with E-state index in [-0.39, 0.29) is 17.8 Å². The molecule has 7 heteroatoms. The molecule has 1 N–H and O–H groups in total. The highest BCUT2D eigenvalue weighted by Gasteiger charge is 2.25. The average Bonchev–Trinajstić information content (AvgIpc) is 3.07. The van der Waals surface area contributed by atoms with Crippen LogP contribution < -0.4 is 10.2 Å². The summed E-state index contributed by atoms with van der Waals surface area (Å²) in [5, 5.41) is 3.26. The van der Waals surface area contributed by atoms with Crippen LogP contribution in [0.3, 0.4) is 0 Å². The van der Waals surface area contributed by atoms with Gasteiger partial charge in [-0.25, -0.2) is 9.37 Å². The molecule has 2 heterocycles. The maximum absolute atomic E-state index is 13.1. The second-order valence-corrected chi connectivity index (χ2v) is 7.07. The molecule has 4 rings (SSSR count). The smallest absolute Gasteiger partial charge is 0.244 e. The van der Waals surface area contributed by atoms with E-state index in [1.165, 1.54) is 12.1 Å². The van der Waals surface area contributed by atoms with E-state index in [0.29, 0.717) is 19.0 Å². The molecule has 2 aromatic carbocycles. The van der Waals surface area contributed by atoms with E-state index in [4.69, 9.17) is 4.42 Å². The molecule has 1 aromatic heterocycles. The molecule has 28 heavy (non-hydrogen) atoms. The predicted molar refractivity (Wildman–Crippen MR) is 107 cm³/mol. The Bertz CT molecular complexity index is 978. The van der Waals surface area contributed by atoms with Crippen LogP contribution in [0, 0.1) is 12.7 Å². The van der Waals surface area contributed by atoms with Gasteiger partial charge in [0.15, 0.2) is 11.5 Å². The average molecular weight is 382 g/mol. The zero-order valence-corrected chi connectivity index (χ0v) is 16.0. The van der Waals surface area contributed by atoms with Crippen molar-refractivity contribution in [2.75, 3.05) is 36.4 Å². The van der Waals surface area contributed by atoms with Gasteiger partial charge in [-0.05, 0) is 49.4 Å². The van der Waals surface area contributed by atoms with E-state index < -0.39 is 0 Å². The summed E-state index contributed by atoms with van der Waals surface area (Å²) in [6.07, 6.45) is 0. The molecule has 1 fully saturated rings. The van der Waals surface area contributed by atoms with Crippen molar-refractivity contribution < 1.29 is 13.6 Å². The standard InChI is InChI=1S/C21H23FN4O2/c1-14(23-17-5-8-20-19(13-17)24-15(2)28-20)21(27)26-11-9-25(10-12-26)18-6-3-16(22)4-7-18/h3-8,13-14,23H,9-12H2,1-2H3. The first-order chi connectivity index (χ1) is 13.5. The quantitative estimate of drug-likeness (QED) is 0.749. The highest BCUT2D eigenvalue weighted by atomic mass is 19.1. The summed E-state index contributed by atoms with van der Waals surface area (Å²) in [5.41, 5.74) is 3.33. The van der Waals surface area contributed by atoms with Crippen molar-refractivity contribution in [1.29, 1.82) is 0 Å². The number of rotatable bonds is 4. The summed E-state index contributed by atoms with van der Waals surface area (Å²) in [6.45, 7) is 6.42. The summed E-state index contributed by atoms with van der Waals surface area (Å²) in [4.78, 5) is 21.2. The van der Waals surface area contributed by atoms with Crippen molar-refractivity contribution in [3.63, 3.8) is 0 Å². The van der Waals surface area contributed by atoms with Gasteiger partial charge in [0.05, 0.1) is 0 Å². The third-order valence-electron chi connectivity index (χ3n) is 5.03. The molecule has 1 aliphatic rings. The molecule has 0 radical (unpaired) electrons. The second-order valence-electron chi connectivity index (χ2n) is 7.07. The lowest BCUT2D eigenvalue weighted by molar-refractivity contribution is -0.131. The molecule has 0 spiro atoms. The Hall–Kier alpha value is -3.09. The van der Waals surface area contributed by atoms with Crippen LogP contribution in [-0.4, -0.2) is 48.0 Å². The maximum atomic E-state index is 13.1. The number of carbonyl (C=O) groups is 1. The first kappa shape index (κ1) is 18.3. The van der Waals surface area contributed by atoms with Crippen molar-refractivity contribution >= 4 is 28.4 Å². The molecule has 1 unspecified atom stereocenters. The first-order valence-corrected chi connectivity index (χ1v) is 9.42. The molecule has 1 atom stereocenters. The Morgan fingerprint density at radius 1 is 1.14 bits per heavy atom. The fourth-order valence-electron chi connectivity index (χ4n) is 3.55. The number of hydrogen-bond acceptors (Lipinski definition) is 5. The van der Waals surface area contributed by atoms with Gasteiger partial charge in [-0.15, -0.1) is 0 Å². The maximum Gasteiger partial charge on any atom is 0.244 e. The van der Waals surface area contributed by atoms with Gasteiger partial charge in [0.1, 0.15) is 17.4 Å². The molecular weight excluding hydrogens is 359 g/mol. The van der Waals surface area contributed by atoms with Crippen molar-refractivity contribution in [1.82, 2.24) is 9.88 Å². The summed E-state index contributed by atoms with van der Waals surface area (Å²) in [5.74, 6) is 0.446. The molecule has 3 aromatic rings. The molecule has 146 valence electrons. The summed E-state index contributed by atoms with van der Waals surface area (Å²) in [7, 11) is 0. The van der Waals surface area contributed by atoms with Crippen molar-refractivity contribution in [2.24, 2.45) is 0 Å². The lowest BCUT2D eigenvalue weighted by atomic mass is 10.2. The van der Waals surface area contributed by atoms with Gasteiger partial charge in [0.2, 0.25) is 5.91 Å². The van der Waals surface area contributed by atoms with Crippen molar-refractivity contribution in [3.05, 3.63) is 54.2 Å². The first-order valence-electron chi connectivity index (χ1n) is 9.42. The number of carbonyl (C=O) groups excluding carboxylic acids is 1. The molecule has 0 saturated carbocycles. The molecule has 1 amide bonds. The number of nitrogens with zero attached hydrogens (tertiary/aromatic N) is 3. The third kappa shape index (κ3) is 3.78. The Morgan fingerprint density at radius 3 is 2.57 bits per heavy atom. The van der Waals surface area contributed by atoms with Gasteiger partial charge < -0.3 is 19.5 Å². The minimum absolute atomic E-state index is 0.0650. The number of aromatic nitrogens is 1. The lowest BCUT2D eigenvalue weighted by Gasteiger charge is -2.37. The van der Waals surface area contributed by atoms with E-state index in [1.807, 2.05) is 36.9 Å². The van der Waals surface area contributed by atoms with Gasteiger partial charge in [-0.3, -0.25) is 4.79 Å². The highest BCUT2D eigenvalue weighted by Crippen LogP contribution is 2.21. The normalized spacial score (nSPS) is 15.7. The zero-order valence-electron chi connectivity index (χ0n) is 16.0. The van der Waals surface area contributed by atoms with Crippen LogP contribution in [-0.2, 0) is 4.79 Å². The summed E-state index contributed by atoms with van der Waals surface area (Å²) in [6, 6.07) is 11.8. The monoisotopic (exact) mass is 382 g/mol. The SMILES string of the molecule is Cc1nc2cc(NC(C)C(=O)N3CCN(c4ccc(F)cc4)CC3)ccc2o1. The largest absolute Gasteiger partial charge is 0.441 e. The van der Waals surface area contributed by atoms with Gasteiger partial charge >= 0.3 is 0 Å². The van der Waals surface area contributed by atoms with E-state index in [1.54, 1.807) is 12.1 Å². The number of hydrogen-bond donors (Lipinski definition) is 1. The number of oxazole rings is 1. The number of nitrogens with one attached hydrogen (secondary N) is 1. The number of fused-ring (bicyclic) bond motifs is 1. The molecule has 6 nitrogen and oxygen atoms in total. The predicted octanol–water partition coefficient (Wildman–Crippen LogP) is 3.42. The van der Waals surface area contributed by atoms with Crippen LogP contribution in [0.1, 0.15) is 12.8 Å². The Balaban J connectivity index is 1.35. The molecule has 0 bridgehead atoms. The number of halogens is 1. The van der Waals surface area contributed by atoms with E-state index in [2.05, 4.69) is 15.2 Å².